The van der Waals surface area contributed by atoms with Gasteiger partial charge in [0, 0.05) is 30.1 Å². The Hall–Kier alpha value is -3.01. The molecule has 2 aromatic carbocycles. The third-order valence-corrected chi connectivity index (χ3v) is 4.98. The Kier molecular flexibility index (Phi) is 4.48. The molecule has 0 amide bonds. The molecule has 0 atom stereocenters. The van der Waals surface area contributed by atoms with Crippen molar-refractivity contribution in [1.29, 1.82) is 0 Å². The summed E-state index contributed by atoms with van der Waals surface area (Å²) in [5.74, 6) is 2.62. The number of benzene rings is 2. The number of hydrogen-bond donors (Lipinski definition) is 1. The van der Waals surface area contributed by atoms with Crippen molar-refractivity contribution in [3.8, 4) is 22.6 Å². The van der Waals surface area contributed by atoms with Gasteiger partial charge in [0.15, 0.2) is 11.7 Å². The lowest BCUT2D eigenvalue weighted by Gasteiger charge is -2.31. The van der Waals surface area contributed by atoms with Gasteiger partial charge in [-0.2, -0.15) is 0 Å². The highest BCUT2D eigenvalue weighted by Gasteiger charge is 2.27. The molecule has 132 valence electrons. The van der Waals surface area contributed by atoms with Gasteiger partial charge in [0.25, 0.3) is 0 Å². The highest BCUT2D eigenvalue weighted by atomic mass is 16.4. The smallest absolute Gasteiger partial charge is 0.198 e. The van der Waals surface area contributed by atoms with E-state index in [9.17, 15) is 0 Å². The van der Waals surface area contributed by atoms with Crippen molar-refractivity contribution < 1.29 is 4.42 Å². The van der Waals surface area contributed by atoms with E-state index in [0.29, 0.717) is 11.7 Å². The van der Waals surface area contributed by atoms with Gasteiger partial charge in [-0.25, -0.2) is 4.98 Å². The van der Waals surface area contributed by atoms with Gasteiger partial charge in [0.1, 0.15) is 5.69 Å². The predicted molar refractivity (Wildman–Crippen MR) is 104 cm³/mol. The van der Waals surface area contributed by atoms with Gasteiger partial charge in [-0.3, -0.25) is 0 Å². The third kappa shape index (κ3) is 3.23. The molecule has 0 radical (unpaired) electrons. The Labute approximate surface area is 154 Å². The molecule has 2 heterocycles. The summed E-state index contributed by atoms with van der Waals surface area (Å²) in [7, 11) is 0. The molecule has 0 spiro atoms. The molecule has 2 N–H and O–H groups in total. The van der Waals surface area contributed by atoms with Crippen molar-refractivity contribution in [3.63, 3.8) is 0 Å². The highest BCUT2D eigenvalue weighted by molar-refractivity contribution is 5.76. The predicted octanol–water partition coefficient (Wildman–Crippen LogP) is 4.62. The minimum absolute atomic E-state index is 0.311. The number of rotatable bonds is 4. The fourth-order valence-electron chi connectivity index (χ4n) is 3.50. The second-order valence-electron chi connectivity index (χ2n) is 6.71. The lowest BCUT2D eigenvalue weighted by Crippen LogP contribution is -2.34. The van der Waals surface area contributed by atoms with E-state index in [-0.39, 0.29) is 0 Å². The Balaban J connectivity index is 1.69. The lowest BCUT2D eigenvalue weighted by molar-refractivity contribution is 0.243. The Morgan fingerprint density at radius 2 is 1.54 bits per heavy atom. The van der Waals surface area contributed by atoms with E-state index in [1.165, 1.54) is 0 Å². The molecule has 1 fully saturated rings. The molecule has 0 aliphatic carbocycles. The van der Waals surface area contributed by atoms with Crippen LogP contribution in [0.2, 0.25) is 0 Å². The molecule has 26 heavy (non-hydrogen) atoms. The molecule has 4 nitrogen and oxygen atoms in total. The fourth-order valence-corrected chi connectivity index (χ4v) is 3.50. The Morgan fingerprint density at radius 3 is 2.12 bits per heavy atom. The molecule has 3 aromatic rings. The summed E-state index contributed by atoms with van der Waals surface area (Å²) in [6.07, 6.45) is 1.94. The highest BCUT2D eigenvalue weighted by Crippen LogP contribution is 2.37. The zero-order chi connectivity index (χ0) is 17.9. The van der Waals surface area contributed by atoms with Crippen LogP contribution >= 0.6 is 0 Å². The van der Waals surface area contributed by atoms with Crippen LogP contribution in [0.5, 0.6) is 0 Å². The summed E-state index contributed by atoms with van der Waals surface area (Å²) in [6, 6.07) is 20.4. The molecular formula is C22H23N3O. The van der Waals surface area contributed by atoms with E-state index < -0.39 is 0 Å². The van der Waals surface area contributed by atoms with Crippen molar-refractivity contribution in [3.05, 3.63) is 79.0 Å². The number of hydrogen-bond acceptors (Lipinski definition) is 4. The monoisotopic (exact) mass is 345 g/mol. The van der Waals surface area contributed by atoms with E-state index in [0.717, 1.165) is 54.4 Å². The second-order valence-corrected chi connectivity index (χ2v) is 6.71. The van der Waals surface area contributed by atoms with E-state index in [1.807, 2.05) is 36.4 Å². The largest absolute Gasteiger partial charge is 0.440 e. The number of piperidine rings is 1. The van der Waals surface area contributed by atoms with Crippen LogP contribution in [-0.4, -0.2) is 23.0 Å². The third-order valence-electron chi connectivity index (χ3n) is 4.98. The van der Waals surface area contributed by atoms with Crippen LogP contribution in [0.25, 0.3) is 22.6 Å². The van der Waals surface area contributed by atoms with Crippen LogP contribution in [-0.2, 0) is 0 Å². The molecule has 4 heteroatoms. The van der Waals surface area contributed by atoms with E-state index in [2.05, 4.69) is 35.7 Å². The van der Waals surface area contributed by atoms with E-state index >= 15 is 0 Å². The maximum atomic E-state index is 6.31. The minimum atomic E-state index is 0.311. The van der Waals surface area contributed by atoms with Crippen LogP contribution in [0.4, 0.5) is 0 Å². The maximum Gasteiger partial charge on any atom is 0.198 e. The van der Waals surface area contributed by atoms with Crippen LogP contribution in [0, 0.1) is 0 Å². The molecule has 0 saturated carbocycles. The first-order valence-electron chi connectivity index (χ1n) is 9.03. The van der Waals surface area contributed by atoms with Crippen LogP contribution in [0.3, 0.4) is 0 Å². The first-order chi connectivity index (χ1) is 12.7. The summed E-state index contributed by atoms with van der Waals surface area (Å²) < 4.78 is 6.31. The molecule has 0 bridgehead atoms. The normalized spacial score (nSPS) is 15.2. The van der Waals surface area contributed by atoms with Crippen LogP contribution < -0.4 is 5.73 Å². The fraction of sp³-hybridized carbons (Fsp3) is 0.227. The lowest BCUT2D eigenvalue weighted by atomic mass is 9.97. The zero-order valence-corrected chi connectivity index (χ0v) is 14.8. The van der Waals surface area contributed by atoms with Crippen LogP contribution in [0.1, 0.15) is 24.7 Å². The van der Waals surface area contributed by atoms with Gasteiger partial charge in [-0.15, -0.1) is 0 Å². The standard InChI is InChI=1S/C22H23N3O/c1-16(23)25-14-12-19(13-15-25)22-24-20(17-8-4-2-5-9-17)21(26-22)18-10-6-3-7-11-18/h2-11,19H,1,12-15,23H2. The number of aromatic nitrogens is 1. The maximum absolute atomic E-state index is 6.31. The molecule has 1 aliphatic rings. The van der Waals surface area contributed by atoms with Gasteiger partial charge in [0.05, 0.1) is 5.82 Å². The molecule has 1 aromatic heterocycles. The average molecular weight is 345 g/mol. The number of likely N-dealkylation sites (tertiary alicyclic amines) is 1. The molecule has 1 aliphatic heterocycles. The minimum Gasteiger partial charge on any atom is -0.440 e. The van der Waals surface area contributed by atoms with Gasteiger partial charge in [-0.05, 0) is 12.8 Å². The van der Waals surface area contributed by atoms with Gasteiger partial charge in [0.2, 0.25) is 0 Å². The molecule has 1 saturated heterocycles. The number of nitrogens with zero attached hydrogens (tertiary/aromatic N) is 2. The van der Waals surface area contributed by atoms with Crippen molar-refractivity contribution >= 4 is 0 Å². The number of oxazole rings is 1. The molecule has 0 unspecified atom stereocenters. The van der Waals surface area contributed by atoms with Crippen molar-refractivity contribution in [2.45, 2.75) is 18.8 Å². The Morgan fingerprint density at radius 1 is 0.962 bits per heavy atom. The molecular weight excluding hydrogens is 322 g/mol. The quantitative estimate of drug-likeness (QED) is 0.750. The summed E-state index contributed by atoms with van der Waals surface area (Å²) in [6.45, 7) is 5.62. The summed E-state index contributed by atoms with van der Waals surface area (Å²) in [5, 5.41) is 0. The summed E-state index contributed by atoms with van der Waals surface area (Å²) in [4.78, 5) is 7.03. The van der Waals surface area contributed by atoms with Gasteiger partial charge < -0.3 is 15.1 Å². The van der Waals surface area contributed by atoms with Gasteiger partial charge >= 0.3 is 0 Å². The zero-order valence-electron chi connectivity index (χ0n) is 14.8. The van der Waals surface area contributed by atoms with Crippen LogP contribution in [0.15, 0.2) is 77.5 Å². The average Bonchev–Trinajstić information content (AvgIpc) is 3.15. The van der Waals surface area contributed by atoms with Crippen molar-refractivity contribution in [1.82, 2.24) is 9.88 Å². The molecule has 4 rings (SSSR count). The summed E-state index contributed by atoms with van der Waals surface area (Å²) >= 11 is 0. The first kappa shape index (κ1) is 16.5. The van der Waals surface area contributed by atoms with E-state index in [4.69, 9.17) is 15.1 Å². The Bertz CT molecular complexity index is 821. The first-order valence-corrected chi connectivity index (χ1v) is 9.03. The van der Waals surface area contributed by atoms with Crippen molar-refractivity contribution in [2.75, 3.05) is 13.1 Å². The summed E-state index contributed by atoms with van der Waals surface area (Å²) in [5.41, 5.74) is 8.87. The van der Waals surface area contributed by atoms with Crippen molar-refractivity contribution in [2.24, 2.45) is 5.73 Å². The topological polar surface area (TPSA) is 55.3 Å². The number of nitrogens with two attached hydrogens (primary N) is 1. The van der Waals surface area contributed by atoms with E-state index in [1.54, 1.807) is 0 Å². The van der Waals surface area contributed by atoms with Gasteiger partial charge in [-0.1, -0.05) is 67.2 Å². The second kappa shape index (κ2) is 7.08. The SMILES string of the molecule is C=C(N)N1CCC(c2nc(-c3ccccc3)c(-c3ccccc3)o2)CC1.